The van der Waals surface area contributed by atoms with Crippen molar-refractivity contribution in [2.45, 2.75) is 13.1 Å². The van der Waals surface area contributed by atoms with Gasteiger partial charge in [-0.15, -0.1) is 0 Å². The summed E-state index contributed by atoms with van der Waals surface area (Å²) in [6, 6.07) is 9.87. The molecule has 0 heterocycles. The minimum absolute atomic E-state index is 0.118. The number of aryl methyl sites for hydroxylation is 1. The Balaban J connectivity index is 1.93. The molecule has 0 saturated carbocycles. The number of halogens is 4. The second-order valence-electron chi connectivity index (χ2n) is 5.62. The highest BCUT2D eigenvalue weighted by Crippen LogP contribution is 2.20. The van der Waals surface area contributed by atoms with E-state index in [0.29, 0.717) is 5.69 Å². The Kier molecular flexibility index (Phi) is 6.79. The molecule has 6 nitrogen and oxygen atoms in total. The summed E-state index contributed by atoms with van der Waals surface area (Å²) in [5.74, 6) is -3.68. The fourth-order valence-corrected chi connectivity index (χ4v) is 2.31. The number of nitrogens with one attached hydrogen (secondary N) is 2. The zero-order chi connectivity index (χ0) is 20.9. The Labute approximate surface area is 166 Å². The van der Waals surface area contributed by atoms with Gasteiger partial charge in [-0.1, -0.05) is 22.0 Å². The second-order valence-corrected chi connectivity index (χ2v) is 6.48. The lowest BCUT2D eigenvalue weighted by Gasteiger charge is -2.10. The van der Waals surface area contributed by atoms with E-state index in [1.54, 1.807) is 23.5 Å². The number of carbonyl (C=O) groups excluding carboxylic acids is 3. The predicted molar refractivity (Wildman–Crippen MR) is 98.9 cm³/mol. The molecule has 0 radical (unpaired) electrons. The zero-order valence-corrected chi connectivity index (χ0v) is 16.0. The molecule has 0 spiro atoms. The minimum atomic E-state index is -5.06. The minimum Gasteiger partial charge on any atom is -0.452 e. The number of anilines is 2. The van der Waals surface area contributed by atoms with Crippen LogP contribution in [0.5, 0.6) is 0 Å². The third-order valence-electron chi connectivity index (χ3n) is 3.39. The van der Waals surface area contributed by atoms with Crippen LogP contribution in [0.4, 0.5) is 24.5 Å². The topological polar surface area (TPSA) is 84.5 Å². The number of hydrogen-bond acceptors (Lipinski definition) is 4. The molecule has 0 bridgehead atoms. The third-order valence-corrected chi connectivity index (χ3v) is 4.28. The molecule has 2 amide bonds. The highest BCUT2D eigenvalue weighted by molar-refractivity contribution is 9.10. The van der Waals surface area contributed by atoms with Crippen LogP contribution in [0, 0.1) is 6.92 Å². The maximum absolute atomic E-state index is 12.3. The molecule has 0 aromatic heterocycles. The van der Waals surface area contributed by atoms with E-state index in [4.69, 9.17) is 4.74 Å². The maximum atomic E-state index is 12.3. The first-order valence-electron chi connectivity index (χ1n) is 7.77. The van der Waals surface area contributed by atoms with Gasteiger partial charge in [0.15, 0.2) is 6.61 Å². The van der Waals surface area contributed by atoms with E-state index in [9.17, 15) is 27.6 Å². The molecule has 2 aromatic rings. The highest BCUT2D eigenvalue weighted by Gasteiger charge is 2.38. The normalized spacial score (nSPS) is 10.9. The fourth-order valence-electron chi connectivity index (χ4n) is 2.06. The van der Waals surface area contributed by atoms with Gasteiger partial charge in [0.05, 0.1) is 5.56 Å². The number of alkyl halides is 3. The number of rotatable bonds is 5. The molecule has 0 atom stereocenters. The average Bonchev–Trinajstić information content (AvgIpc) is 2.62. The average molecular weight is 459 g/mol. The Morgan fingerprint density at radius 2 is 1.71 bits per heavy atom. The Morgan fingerprint density at radius 1 is 1.04 bits per heavy atom. The largest absolute Gasteiger partial charge is 0.471 e. The molecule has 0 saturated heterocycles. The molecule has 0 aliphatic heterocycles. The molecular weight excluding hydrogens is 445 g/mol. The molecule has 28 heavy (non-hydrogen) atoms. The quantitative estimate of drug-likeness (QED) is 0.661. The molecule has 2 N–H and O–H groups in total. The summed E-state index contributed by atoms with van der Waals surface area (Å²) in [5.41, 5.74) is 1.06. The van der Waals surface area contributed by atoms with Crippen molar-refractivity contribution >= 4 is 45.1 Å². The van der Waals surface area contributed by atoms with E-state index in [1.807, 2.05) is 6.92 Å². The van der Waals surface area contributed by atoms with E-state index < -0.39 is 30.6 Å². The van der Waals surface area contributed by atoms with Crippen molar-refractivity contribution in [2.75, 3.05) is 17.2 Å². The molecule has 148 valence electrons. The SMILES string of the molecule is Cc1cc(NC(=O)COC(=O)c2cccc(NC(=O)C(F)(F)F)c2)ccc1Br. The number of ether oxygens (including phenoxy) is 1. The first-order valence-corrected chi connectivity index (χ1v) is 8.57. The summed E-state index contributed by atoms with van der Waals surface area (Å²) in [6.07, 6.45) is -5.06. The summed E-state index contributed by atoms with van der Waals surface area (Å²) in [6.45, 7) is 1.25. The van der Waals surface area contributed by atoms with Gasteiger partial charge in [-0.25, -0.2) is 4.79 Å². The van der Waals surface area contributed by atoms with Crippen LogP contribution in [0.1, 0.15) is 15.9 Å². The van der Waals surface area contributed by atoms with Crippen LogP contribution in [-0.2, 0) is 14.3 Å². The molecule has 0 fully saturated rings. The first-order chi connectivity index (χ1) is 13.1. The van der Waals surface area contributed by atoms with Gasteiger partial charge in [0.1, 0.15) is 0 Å². The van der Waals surface area contributed by atoms with E-state index in [1.165, 1.54) is 18.2 Å². The van der Waals surface area contributed by atoms with Crippen LogP contribution in [-0.4, -0.2) is 30.6 Å². The van der Waals surface area contributed by atoms with Gasteiger partial charge >= 0.3 is 18.1 Å². The van der Waals surface area contributed by atoms with Crippen molar-refractivity contribution in [2.24, 2.45) is 0 Å². The number of amides is 2. The van der Waals surface area contributed by atoms with E-state index in [0.717, 1.165) is 16.1 Å². The van der Waals surface area contributed by atoms with Crippen LogP contribution in [0.3, 0.4) is 0 Å². The lowest BCUT2D eigenvalue weighted by atomic mass is 10.2. The smallest absolute Gasteiger partial charge is 0.452 e. The van der Waals surface area contributed by atoms with Gasteiger partial charge < -0.3 is 15.4 Å². The Morgan fingerprint density at radius 3 is 2.36 bits per heavy atom. The van der Waals surface area contributed by atoms with Crippen molar-refractivity contribution in [3.05, 3.63) is 58.1 Å². The zero-order valence-electron chi connectivity index (χ0n) is 14.4. The Hall–Kier alpha value is -2.88. The van der Waals surface area contributed by atoms with E-state index in [2.05, 4.69) is 21.2 Å². The lowest BCUT2D eigenvalue weighted by Crippen LogP contribution is -2.30. The highest BCUT2D eigenvalue weighted by atomic mass is 79.9. The van der Waals surface area contributed by atoms with Crippen LogP contribution < -0.4 is 10.6 Å². The van der Waals surface area contributed by atoms with Crippen molar-refractivity contribution in [1.82, 2.24) is 0 Å². The van der Waals surface area contributed by atoms with Crippen molar-refractivity contribution in [1.29, 1.82) is 0 Å². The first kappa shape index (κ1) is 21.4. The summed E-state index contributed by atoms with van der Waals surface area (Å²) < 4.78 is 42.6. The molecule has 10 heteroatoms. The number of esters is 1. The molecular formula is C18H14BrF3N2O4. The molecule has 2 rings (SSSR count). The van der Waals surface area contributed by atoms with Crippen LogP contribution in [0.2, 0.25) is 0 Å². The number of benzene rings is 2. The van der Waals surface area contributed by atoms with Gasteiger partial charge in [-0.05, 0) is 48.9 Å². The van der Waals surface area contributed by atoms with Crippen molar-refractivity contribution in [3.63, 3.8) is 0 Å². The van der Waals surface area contributed by atoms with Crippen LogP contribution in [0.25, 0.3) is 0 Å². The van der Waals surface area contributed by atoms with E-state index >= 15 is 0 Å². The fraction of sp³-hybridized carbons (Fsp3) is 0.167. The number of hydrogen-bond donors (Lipinski definition) is 2. The predicted octanol–water partition coefficient (Wildman–Crippen LogP) is 4.05. The number of carbonyl (C=O) groups is 3. The summed E-state index contributed by atoms with van der Waals surface area (Å²) in [5, 5.41) is 4.18. The summed E-state index contributed by atoms with van der Waals surface area (Å²) in [4.78, 5) is 34.8. The molecule has 2 aromatic carbocycles. The summed E-state index contributed by atoms with van der Waals surface area (Å²) >= 11 is 3.33. The van der Waals surface area contributed by atoms with Crippen molar-refractivity contribution in [3.8, 4) is 0 Å². The Bertz CT molecular complexity index is 916. The van der Waals surface area contributed by atoms with Gasteiger partial charge in [-0.2, -0.15) is 13.2 Å². The molecule has 0 aliphatic carbocycles. The van der Waals surface area contributed by atoms with Gasteiger partial charge in [0.2, 0.25) is 0 Å². The lowest BCUT2D eigenvalue weighted by molar-refractivity contribution is -0.167. The monoisotopic (exact) mass is 458 g/mol. The van der Waals surface area contributed by atoms with Crippen molar-refractivity contribution < 1.29 is 32.3 Å². The standard InChI is InChI=1S/C18H14BrF3N2O4/c1-10-7-13(5-6-14(10)19)23-15(25)9-28-16(26)11-3-2-4-12(8-11)24-17(27)18(20,21)22/h2-8H,9H2,1H3,(H,23,25)(H,24,27). The van der Waals surface area contributed by atoms with Crippen LogP contribution >= 0.6 is 15.9 Å². The maximum Gasteiger partial charge on any atom is 0.471 e. The summed E-state index contributed by atoms with van der Waals surface area (Å²) in [7, 11) is 0. The molecule has 0 aliphatic rings. The molecule has 0 unspecified atom stereocenters. The third kappa shape index (κ3) is 6.08. The van der Waals surface area contributed by atoms with Crippen LogP contribution in [0.15, 0.2) is 46.9 Å². The van der Waals surface area contributed by atoms with E-state index in [-0.39, 0.29) is 11.3 Å². The van der Waals surface area contributed by atoms with Gasteiger partial charge in [-0.3, -0.25) is 9.59 Å². The van der Waals surface area contributed by atoms with Gasteiger partial charge in [0.25, 0.3) is 5.91 Å². The second kappa shape index (κ2) is 8.87. The van der Waals surface area contributed by atoms with Gasteiger partial charge in [0, 0.05) is 15.8 Å².